The summed E-state index contributed by atoms with van der Waals surface area (Å²) in [5, 5.41) is 0. The Morgan fingerprint density at radius 3 is 2.41 bits per heavy atom. The van der Waals surface area contributed by atoms with Crippen molar-refractivity contribution < 1.29 is 19.1 Å². The van der Waals surface area contributed by atoms with Crippen LogP contribution in [-0.2, 0) is 9.53 Å². The molecule has 0 fully saturated rings. The molecule has 1 aliphatic heterocycles. The van der Waals surface area contributed by atoms with E-state index in [1.165, 1.54) is 11.3 Å². The highest BCUT2D eigenvalue weighted by Crippen LogP contribution is 2.30. The summed E-state index contributed by atoms with van der Waals surface area (Å²) in [6, 6.07) is 22.9. The third-order valence-electron chi connectivity index (χ3n) is 6.27. The van der Waals surface area contributed by atoms with Gasteiger partial charge in [-0.25, -0.2) is 14.6 Å². The molecule has 1 aliphatic rings. The number of allylic oxidation sites excluding steroid dienone is 1. The van der Waals surface area contributed by atoms with Crippen LogP contribution in [0.4, 0.5) is 0 Å². The molecular weight excluding hydrogens is 512 g/mol. The van der Waals surface area contributed by atoms with Gasteiger partial charge in [0, 0.05) is 0 Å². The van der Waals surface area contributed by atoms with Crippen LogP contribution >= 0.6 is 11.3 Å². The second kappa shape index (κ2) is 11.0. The lowest BCUT2D eigenvalue weighted by atomic mass is 9.96. The normalized spacial score (nSPS) is 14.9. The molecule has 5 rings (SSSR count). The molecule has 0 saturated carbocycles. The molecule has 0 N–H and O–H groups in total. The van der Waals surface area contributed by atoms with Crippen LogP contribution in [0.3, 0.4) is 0 Å². The Labute approximate surface area is 229 Å². The summed E-state index contributed by atoms with van der Waals surface area (Å²) in [6.07, 6.45) is 1.77. The lowest BCUT2D eigenvalue weighted by Crippen LogP contribution is -2.39. The first kappa shape index (κ1) is 26.1. The summed E-state index contributed by atoms with van der Waals surface area (Å²) in [7, 11) is 0. The van der Waals surface area contributed by atoms with Crippen LogP contribution in [-0.4, -0.2) is 23.1 Å². The van der Waals surface area contributed by atoms with Gasteiger partial charge in [-0.2, -0.15) is 0 Å². The number of rotatable bonds is 6. The average molecular weight is 539 g/mol. The fraction of sp³-hybridized carbons (Fsp3) is 0.161. The minimum absolute atomic E-state index is 0.220. The van der Waals surface area contributed by atoms with Crippen molar-refractivity contribution in [1.82, 2.24) is 4.57 Å². The van der Waals surface area contributed by atoms with Gasteiger partial charge in [0.2, 0.25) is 0 Å². The number of esters is 2. The van der Waals surface area contributed by atoms with E-state index in [-0.39, 0.29) is 12.2 Å². The van der Waals surface area contributed by atoms with E-state index < -0.39 is 18.0 Å². The quantitative estimate of drug-likeness (QED) is 0.270. The summed E-state index contributed by atoms with van der Waals surface area (Å²) in [5.74, 6) is -0.523. The van der Waals surface area contributed by atoms with Crippen LogP contribution in [0.15, 0.2) is 99.9 Å². The molecule has 0 radical (unpaired) electrons. The van der Waals surface area contributed by atoms with E-state index in [2.05, 4.69) is 4.99 Å². The van der Waals surface area contributed by atoms with E-state index >= 15 is 0 Å². The van der Waals surface area contributed by atoms with Crippen LogP contribution in [0.5, 0.6) is 5.75 Å². The van der Waals surface area contributed by atoms with Gasteiger partial charge in [0.05, 0.1) is 34.0 Å². The molecule has 0 saturated heterocycles. The minimum atomic E-state index is -0.646. The predicted molar refractivity (Wildman–Crippen MR) is 149 cm³/mol. The zero-order chi connectivity index (χ0) is 27.5. The number of carbonyl (C=O) groups is 2. The fourth-order valence-electron chi connectivity index (χ4n) is 4.46. The number of hydrogen-bond donors (Lipinski definition) is 0. The minimum Gasteiger partial charge on any atom is -0.463 e. The van der Waals surface area contributed by atoms with Crippen molar-refractivity contribution in [1.29, 1.82) is 0 Å². The molecule has 196 valence electrons. The van der Waals surface area contributed by atoms with Crippen LogP contribution in [0.2, 0.25) is 0 Å². The number of carbonyl (C=O) groups excluding carboxylic acids is 2. The molecule has 8 heteroatoms. The van der Waals surface area contributed by atoms with Gasteiger partial charge < -0.3 is 9.47 Å². The number of fused-ring (bicyclic) bond motifs is 1. The standard InChI is InChI=1S/C31H26N2O5S/c1-4-37-30(36)26-20(3)32-31-33(27(26)22-10-6-5-7-11-22)28(34)25(39-31)18-21-13-15-24(16-14-21)38-29(35)23-12-8-9-19(2)17-23/h5-18,27H,4H2,1-3H3/t27-/m0/s1. The average Bonchev–Trinajstić information content (AvgIpc) is 3.23. The lowest BCUT2D eigenvalue weighted by molar-refractivity contribution is -0.139. The Morgan fingerprint density at radius 2 is 1.72 bits per heavy atom. The monoisotopic (exact) mass is 538 g/mol. The highest BCUT2D eigenvalue weighted by molar-refractivity contribution is 7.07. The second-order valence-electron chi connectivity index (χ2n) is 9.04. The number of benzene rings is 3. The number of hydrogen-bond acceptors (Lipinski definition) is 7. The number of ether oxygens (including phenoxy) is 2. The van der Waals surface area contributed by atoms with Crippen molar-refractivity contribution in [3.63, 3.8) is 0 Å². The van der Waals surface area contributed by atoms with Gasteiger partial charge >= 0.3 is 11.9 Å². The van der Waals surface area contributed by atoms with Crippen molar-refractivity contribution in [2.24, 2.45) is 4.99 Å². The molecule has 7 nitrogen and oxygen atoms in total. The third-order valence-corrected chi connectivity index (χ3v) is 7.26. The number of nitrogens with zero attached hydrogens (tertiary/aromatic N) is 2. The van der Waals surface area contributed by atoms with Crippen molar-refractivity contribution in [2.75, 3.05) is 6.61 Å². The third kappa shape index (κ3) is 5.37. The molecule has 0 spiro atoms. The summed E-state index contributed by atoms with van der Waals surface area (Å²) in [5.41, 5.74) is 3.62. The molecule has 4 aromatic rings. The van der Waals surface area contributed by atoms with Gasteiger partial charge in [-0.15, -0.1) is 0 Å². The van der Waals surface area contributed by atoms with Crippen molar-refractivity contribution in [3.8, 4) is 5.75 Å². The Hall–Kier alpha value is -4.56. The molecule has 0 bridgehead atoms. The van der Waals surface area contributed by atoms with Gasteiger partial charge in [-0.05, 0) is 62.2 Å². The summed E-state index contributed by atoms with van der Waals surface area (Å²) >= 11 is 1.26. The zero-order valence-electron chi connectivity index (χ0n) is 21.7. The molecule has 1 aromatic heterocycles. The van der Waals surface area contributed by atoms with Gasteiger partial charge in [0.15, 0.2) is 4.80 Å². The number of aryl methyl sites for hydroxylation is 1. The van der Waals surface area contributed by atoms with E-state index in [1.54, 1.807) is 60.9 Å². The van der Waals surface area contributed by atoms with Gasteiger partial charge in [0.25, 0.3) is 5.56 Å². The molecule has 3 aromatic carbocycles. The van der Waals surface area contributed by atoms with Gasteiger partial charge in [0.1, 0.15) is 5.75 Å². The molecule has 0 aliphatic carbocycles. The molecule has 39 heavy (non-hydrogen) atoms. The molecule has 1 atom stereocenters. The first-order valence-corrected chi connectivity index (χ1v) is 13.3. The predicted octanol–water partition coefficient (Wildman–Crippen LogP) is 4.33. The molecular formula is C31H26N2O5S. The van der Waals surface area contributed by atoms with Crippen LogP contribution < -0.4 is 19.6 Å². The Balaban J connectivity index is 1.49. The van der Waals surface area contributed by atoms with E-state index in [4.69, 9.17) is 9.47 Å². The SMILES string of the molecule is CCOC(=O)C1=C(C)N=c2sc(=Cc3ccc(OC(=O)c4cccc(C)c4)cc3)c(=O)n2[C@H]1c1ccccc1. The zero-order valence-corrected chi connectivity index (χ0v) is 22.5. The Morgan fingerprint density at radius 1 is 0.974 bits per heavy atom. The smallest absolute Gasteiger partial charge is 0.343 e. The van der Waals surface area contributed by atoms with E-state index in [1.807, 2.05) is 49.4 Å². The highest BCUT2D eigenvalue weighted by atomic mass is 32.1. The first-order chi connectivity index (χ1) is 18.9. The summed E-state index contributed by atoms with van der Waals surface area (Å²) in [6.45, 7) is 5.64. The van der Waals surface area contributed by atoms with Crippen molar-refractivity contribution in [3.05, 3.63) is 132 Å². The van der Waals surface area contributed by atoms with Crippen LogP contribution in [0, 0.1) is 6.92 Å². The fourth-order valence-corrected chi connectivity index (χ4v) is 5.51. The number of aromatic nitrogens is 1. The number of thiazole rings is 1. The van der Waals surface area contributed by atoms with E-state index in [0.717, 1.165) is 16.7 Å². The van der Waals surface area contributed by atoms with Gasteiger partial charge in [-0.3, -0.25) is 9.36 Å². The first-order valence-electron chi connectivity index (χ1n) is 12.5. The van der Waals surface area contributed by atoms with Crippen LogP contribution in [0.25, 0.3) is 6.08 Å². The maximum Gasteiger partial charge on any atom is 0.343 e. The van der Waals surface area contributed by atoms with E-state index in [9.17, 15) is 14.4 Å². The maximum absolute atomic E-state index is 13.7. The molecule has 2 heterocycles. The van der Waals surface area contributed by atoms with Crippen LogP contribution in [0.1, 0.15) is 46.9 Å². The summed E-state index contributed by atoms with van der Waals surface area (Å²) in [4.78, 5) is 44.2. The lowest BCUT2D eigenvalue weighted by Gasteiger charge is -2.24. The van der Waals surface area contributed by atoms with Crippen molar-refractivity contribution >= 4 is 29.4 Å². The highest BCUT2D eigenvalue weighted by Gasteiger charge is 2.33. The maximum atomic E-state index is 13.7. The topological polar surface area (TPSA) is 87.0 Å². The second-order valence-corrected chi connectivity index (χ2v) is 10.1. The Kier molecular flexibility index (Phi) is 7.38. The van der Waals surface area contributed by atoms with Crippen molar-refractivity contribution in [2.45, 2.75) is 26.8 Å². The van der Waals surface area contributed by atoms with E-state index in [0.29, 0.717) is 31.9 Å². The summed E-state index contributed by atoms with van der Waals surface area (Å²) < 4.78 is 12.8. The molecule has 0 amide bonds. The Bertz CT molecular complexity index is 1770. The molecule has 0 unspecified atom stereocenters. The largest absolute Gasteiger partial charge is 0.463 e. The van der Waals surface area contributed by atoms with Gasteiger partial charge in [-0.1, -0.05) is 71.5 Å².